The smallest absolute Gasteiger partial charge is 0.189 e. The van der Waals surface area contributed by atoms with Crippen LogP contribution in [0.1, 0.15) is 6.92 Å². The zero-order valence-corrected chi connectivity index (χ0v) is 17.2. The number of hydrogen-bond acceptors (Lipinski definition) is 7. The second kappa shape index (κ2) is 7.61. The van der Waals surface area contributed by atoms with Crippen molar-refractivity contribution < 1.29 is 0 Å². The average molecular weight is 413 g/mol. The van der Waals surface area contributed by atoms with Gasteiger partial charge in [-0.05, 0) is 30.5 Å². The predicted molar refractivity (Wildman–Crippen MR) is 126 cm³/mol. The van der Waals surface area contributed by atoms with Gasteiger partial charge < -0.3 is 16.0 Å². The van der Waals surface area contributed by atoms with Crippen LogP contribution in [-0.4, -0.2) is 21.5 Å². The standard InChI is InChI=1S/C23H20N6S/c1-2-29(18-12-7-9-15-8-3-4-10-16(15)18)22-20(24)21(25-14-26-22)28-23-27-17-11-5-6-13-19(17)30-23/h3-14H,2,24H2,1H3,(H,25,26,27,28). The number of anilines is 5. The first-order chi connectivity index (χ1) is 14.7. The highest BCUT2D eigenvalue weighted by atomic mass is 32.1. The fraction of sp³-hybridized carbons (Fsp3) is 0.0870. The summed E-state index contributed by atoms with van der Waals surface area (Å²) in [7, 11) is 0. The predicted octanol–water partition coefficient (Wildman–Crippen LogP) is 5.72. The molecule has 0 spiro atoms. The van der Waals surface area contributed by atoms with E-state index in [1.165, 1.54) is 11.7 Å². The minimum absolute atomic E-state index is 0.492. The number of para-hydroxylation sites is 1. The Kier molecular flexibility index (Phi) is 4.65. The number of nitrogens with zero attached hydrogens (tertiary/aromatic N) is 4. The van der Waals surface area contributed by atoms with E-state index in [1.54, 1.807) is 11.3 Å². The molecule has 0 aliphatic rings. The van der Waals surface area contributed by atoms with Gasteiger partial charge in [0.1, 0.15) is 12.0 Å². The largest absolute Gasteiger partial charge is 0.393 e. The summed E-state index contributed by atoms with van der Waals surface area (Å²) in [4.78, 5) is 15.6. The van der Waals surface area contributed by atoms with Crippen molar-refractivity contribution in [2.45, 2.75) is 6.92 Å². The highest BCUT2D eigenvalue weighted by Crippen LogP contribution is 2.37. The minimum atomic E-state index is 0.492. The van der Waals surface area contributed by atoms with Crippen molar-refractivity contribution in [3.63, 3.8) is 0 Å². The summed E-state index contributed by atoms with van der Waals surface area (Å²) in [5, 5.41) is 6.35. The Morgan fingerprint density at radius 2 is 1.77 bits per heavy atom. The first kappa shape index (κ1) is 18.3. The van der Waals surface area contributed by atoms with Gasteiger partial charge in [0, 0.05) is 11.9 Å². The minimum Gasteiger partial charge on any atom is -0.393 e. The lowest BCUT2D eigenvalue weighted by Gasteiger charge is -2.25. The Balaban J connectivity index is 1.55. The van der Waals surface area contributed by atoms with Gasteiger partial charge in [-0.3, -0.25) is 0 Å². The zero-order valence-electron chi connectivity index (χ0n) is 16.4. The normalized spacial score (nSPS) is 11.1. The molecular formula is C23H20N6S. The van der Waals surface area contributed by atoms with Crippen LogP contribution < -0.4 is 16.0 Å². The van der Waals surface area contributed by atoms with E-state index in [-0.39, 0.29) is 0 Å². The number of hydrogen-bond donors (Lipinski definition) is 2. The summed E-state index contributed by atoms with van der Waals surface area (Å²) < 4.78 is 1.11. The number of rotatable bonds is 5. The van der Waals surface area contributed by atoms with E-state index in [0.717, 1.165) is 33.0 Å². The number of nitrogens with two attached hydrogens (primary N) is 1. The van der Waals surface area contributed by atoms with Crippen LogP contribution in [0.5, 0.6) is 0 Å². The van der Waals surface area contributed by atoms with Gasteiger partial charge in [0.2, 0.25) is 0 Å². The van der Waals surface area contributed by atoms with E-state index in [0.29, 0.717) is 17.3 Å². The third-order valence-corrected chi connectivity index (χ3v) is 5.96. The SMILES string of the molecule is CCN(c1ncnc(Nc2nc3ccccc3s2)c1N)c1cccc2ccccc12. The Labute approximate surface area is 178 Å². The molecule has 0 saturated heterocycles. The van der Waals surface area contributed by atoms with Crippen molar-refractivity contribution in [2.75, 3.05) is 22.5 Å². The van der Waals surface area contributed by atoms with Gasteiger partial charge in [-0.25, -0.2) is 15.0 Å². The molecule has 3 N–H and O–H groups in total. The molecule has 2 heterocycles. The van der Waals surface area contributed by atoms with Gasteiger partial charge in [0.05, 0.1) is 15.9 Å². The van der Waals surface area contributed by atoms with Crippen LogP contribution in [0.15, 0.2) is 73.1 Å². The average Bonchev–Trinajstić information content (AvgIpc) is 3.19. The molecule has 2 aromatic heterocycles. The number of thiazole rings is 1. The van der Waals surface area contributed by atoms with E-state index in [2.05, 4.69) is 62.4 Å². The summed E-state index contributed by atoms with van der Waals surface area (Å²) in [5.41, 5.74) is 9.03. The summed E-state index contributed by atoms with van der Waals surface area (Å²) in [5.74, 6) is 1.23. The van der Waals surface area contributed by atoms with Crippen LogP contribution in [0, 0.1) is 0 Å². The second-order valence-corrected chi connectivity index (χ2v) is 7.84. The number of nitrogen functional groups attached to an aromatic ring is 1. The number of fused-ring (bicyclic) bond motifs is 2. The Morgan fingerprint density at radius 1 is 0.967 bits per heavy atom. The van der Waals surface area contributed by atoms with Crippen LogP contribution in [0.25, 0.3) is 21.0 Å². The van der Waals surface area contributed by atoms with Crippen LogP contribution in [0.2, 0.25) is 0 Å². The number of aromatic nitrogens is 3. The van der Waals surface area contributed by atoms with E-state index in [1.807, 2.05) is 36.4 Å². The zero-order chi connectivity index (χ0) is 20.5. The maximum Gasteiger partial charge on any atom is 0.189 e. The maximum atomic E-state index is 6.53. The van der Waals surface area contributed by atoms with Gasteiger partial charge in [-0.1, -0.05) is 59.9 Å². The van der Waals surface area contributed by atoms with Crippen LogP contribution in [0.4, 0.5) is 28.1 Å². The number of nitrogens with one attached hydrogen (secondary N) is 1. The highest BCUT2D eigenvalue weighted by molar-refractivity contribution is 7.22. The van der Waals surface area contributed by atoms with Crippen molar-refractivity contribution >= 4 is 60.5 Å². The quantitative estimate of drug-likeness (QED) is 0.384. The van der Waals surface area contributed by atoms with Crippen LogP contribution in [-0.2, 0) is 0 Å². The topological polar surface area (TPSA) is 80.0 Å². The molecular weight excluding hydrogens is 392 g/mol. The molecule has 0 bridgehead atoms. The van der Waals surface area contributed by atoms with Crippen molar-refractivity contribution in [3.05, 3.63) is 73.1 Å². The van der Waals surface area contributed by atoms with Crippen LogP contribution >= 0.6 is 11.3 Å². The molecule has 0 saturated carbocycles. The lowest BCUT2D eigenvalue weighted by molar-refractivity contribution is 0.985. The number of benzene rings is 3. The summed E-state index contributed by atoms with van der Waals surface area (Å²) in [6, 6.07) is 22.6. The van der Waals surface area contributed by atoms with E-state index in [9.17, 15) is 0 Å². The van der Waals surface area contributed by atoms with Gasteiger partial charge in [0.15, 0.2) is 16.8 Å². The van der Waals surface area contributed by atoms with Gasteiger partial charge in [-0.15, -0.1) is 0 Å². The Morgan fingerprint density at radius 3 is 2.63 bits per heavy atom. The third kappa shape index (κ3) is 3.19. The van der Waals surface area contributed by atoms with Crippen molar-refractivity contribution in [2.24, 2.45) is 0 Å². The molecule has 30 heavy (non-hydrogen) atoms. The molecule has 0 fully saturated rings. The maximum absolute atomic E-state index is 6.53. The fourth-order valence-corrected chi connectivity index (χ4v) is 4.47. The van der Waals surface area contributed by atoms with E-state index >= 15 is 0 Å². The summed E-state index contributed by atoms with van der Waals surface area (Å²) in [6.07, 6.45) is 1.54. The molecule has 0 unspecified atom stereocenters. The molecule has 7 heteroatoms. The molecule has 5 rings (SSSR count). The van der Waals surface area contributed by atoms with Gasteiger partial charge >= 0.3 is 0 Å². The Hall–Kier alpha value is -3.71. The molecule has 5 aromatic rings. The lowest BCUT2D eigenvalue weighted by atomic mass is 10.1. The first-order valence-corrected chi connectivity index (χ1v) is 10.5. The molecule has 148 valence electrons. The molecule has 6 nitrogen and oxygen atoms in total. The molecule has 0 radical (unpaired) electrons. The monoisotopic (exact) mass is 412 g/mol. The van der Waals surface area contributed by atoms with Gasteiger partial charge in [0.25, 0.3) is 0 Å². The van der Waals surface area contributed by atoms with Crippen molar-refractivity contribution in [1.82, 2.24) is 15.0 Å². The molecule has 0 aliphatic carbocycles. The van der Waals surface area contributed by atoms with Crippen molar-refractivity contribution in [3.8, 4) is 0 Å². The van der Waals surface area contributed by atoms with E-state index in [4.69, 9.17) is 5.73 Å². The van der Waals surface area contributed by atoms with Crippen LogP contribution in [0.3, 0.4) is 0 Å². The second-order valence-electron chi connectivity index (χ2n) is 6.81. The Bertz CT molecular complexity index is 1310. The van der Waals surface area contributed by atoms with Crippen molar-refractivity contribution in [1.29, 1.82) is 0 Å². The molecule has 0 aliphatic heterocycles. The third-order valence-electron chi connectivity index (χ3n) is 5.01. The summed E-state index contributed by atoms with van der Waals surface area (Å²) in [6.45, 7) is 2.81. The van der Waals surface area contributed by atoms with E-state index < -0.39 is 0 Å². The molecule has 3 aromatic carbocycles. The summed E-state index contributed by atoms with van der Waals surface area (Å²) >= 11 is 1.57. The molecule has 0 amide bonds. The highest BCUT2D eigenvalue weighted by Gasteiger charge is 2.18. The fourth-order valence-electron chi connectivity index (χ4n) is 3.61. The molecule has 0 atom stereocenters. The van der Waals surface area contributed by atoms with Gasteiger partial charge in [-0.2, -0.15) is 0 Å². The lowest BCUT2D eigenvalue weighted by Crippen LogP contribution is -2.20. The first-order valence-electron chi connectivity index (χ1n) is 9.73.